The minimum absolute atomic E-state index is 0.214. The molecule has 0 heterocycles. The van der Waals surface area contributed by atoms with Crippen LogP contribution in [-0.2, 0) is 9.53 Å². The molecule has 19 heavy (non-hydrogen) atoms. The molecular formula is C13H17BrN2O3. The topological polar surface area (TPSA) is 81.4 Å². The first-order chi connectivity index (χ1) is 9.04. The minimum atomic E-state index is -0.486. The second kappa shape index (κ2) is 7.78. The van der Waals surface area contributed by atoms with Gasteiger partial charge in [-0.15, -0.1) is 0 Å². The van der Waals surface area contributed by atoms with Gasteiger partial charge in [0.05, 0.1) is 12.2 Å². The van der Waals surface area contributed by atoms with E-state index in [1.165, 1.54) is 0 Å². The summed E-state index contributed by atoms with van der Waals surface area (Å²) in [5.74, 6) is -0.700. The normalized spacial score (nSPS) is 10.0. The van der Waals surface area contributed by atoms with Gasteiger partial charge < -0.3 is 15.8 Å². The molecule has 1 aromatic carbocycles. The number of amides is 1. The van der Waals surface area contributed by atoms with E-state index >= 15 is 0 Å². The lowest BCUT2D eigenvalue weighted by Gasteiger charge is -2.10. The third-order valence-corrected chi connectivity index (χ3v) is 2.92. The monoisotopic (exact) mass is 328 g/mol. The van der Waals surface area contributed by atoms with Crippen LogP contribution in [0, 0.1) is 0 Å². The maximum Gasteiger partial charge on any atom is 0.305 e. The molecule has 0 aliphatic carbocycles. The van der Waals surface area contributed by atoms with E-state index in [1.54, 1.807) is 25.1 Å². The molecule has 0 aliphatic heterocycles. The standard InChI is InChI=1S/C13H17BrN2O3/c1-2-19-12(17)4-3-7-16-11-8-9(14)5-6-10(11)13(15)18/h5-6,8,16H,2-4,7H2,1H3,(H2,15,18). The largest absolute Gasteiger partial charge is 0.466 e. The van der Waals surface area contributed by atoms with Gasteiger partial charge in [-0.2, -0.15) is 0 Å². The number of esters is 1. The zero-order valence-corrected chi connectivity index (χ0v) is 12.3. The molecule has 3 N–H and O–H groups in total. The van der Waals surface area contributed by atoms with Gasteiger partial charge >= 0.3 is 5.97 Å². The molecule has 0 aliphatic rings. The fourth-order valence-corrected chi connectivity index (χ4v) is 1.93. The van der Waals surface area contributed by atoms with Gasteiger partial charge in [-0.3, -0.25) is 9.59 Å². The molecule has 1 rings (SSSR count). The average Bonchev–Trinajstić information content (AvgIpc) is 2.34. The summed E-state index contributed by atoms with van der Waals surface area (Å²) in [6, 6.07) is 5.19. The van der Waals surface area contributed by atoms with E-state index in [1.807, 2.05) is 0 Å². The summed E-state index contributed by atoms with van der Waals surface area (Å²) in [6.07, 6.45) is 0.976. The van der Waals surface area contributed by atoms with Crippen LogP contribution in [0.25, 0.3) is 0 Å². The maximum absolute atomic E-state index is 11.3. The van der Waals surface area contributed by atoms with E-state index in [0.717, 1.165) is 4.47 Å². The molecule has 0 radical (unpaired) electrons. The number of carbonyl (C=O) groups is 2. The summed E-state index contributed by atoms with van der Waals surface area (Å²) in [7, 11) is 0. The van der Waals surface area contributed by atoms with E-state index in [-0.39, 0.29) is 5.97 Å². The van der Waals surface area contributed by atoms with Crippen molar-refractivity contribution in [2.75, 3.05) is 18.5 Å². The van der Waals surface area contributed by atoms with Gasteiger partial charge in [-0.1, -0.05) is 15.9 Å². The number of nitrogens with one attached hydrogen (secondary N) is 1. The van der Waals surface area contributed by atoms with Crippen molar-refractivity contribution >= 4 is 33.5 Å². The molecule has 5 nitrogen and oxygen atoms in total. The van der Waals surface area contributed by atoms with Crippen molar-refractivity contribution in [1.29, 1.82) is 0 Å². The second-order valence-electron chi connectivity index (χ2n) is 3.89. The number of benzene rings is 1. The lowest BCUT2D eigenvalue weighted by Crippen LogP contribution is -2.15. The van der Waals surface area contributed by atoms with Gasteiger partial charge in [0.15, 0.2) is 0 Å². The van der Waals surface area contributed by atoms with E-state index in [4.69, 9.17) is 10.5 Å². The van der Waals surface area contributed by atoms with Gasteiger partial charge in [0.2, 0.25) is 0 Å². The molecule has 1 aromatic rings. The van der Waals surface area contributed by atoms with Crippen molar-refractivity contribution in [2.24, 2.45) is 5.73 Å². The molecule has 0 fully saturated rings. The van der Waals surface area contributed by atoms with E-state index in [0.29, 0.717) is 37.2 Å². The SMILES string of the molecule is CCOC(=O)CCCNc1cc(Br)ccc1C(N)=O. The number of halogens is 1. The highest BCUT2D eigenvalue weighted by Crippen LogP contribution is 2.21. The number of nitrogens with two attached hydrogens (primary N) is 1. The number of ether oxygens (including phenoxy) is 1. The number of rotatable bonds is 7. The first-order valence-corrected chi connectivity index (χ1v) is 6.82. The predicted molar refractivity (Wildman–Crippen MR) is 77.0 cm³/mol. The fraction of sp³-hybridized carbons (Fsp3) is 0.385. The second-order valence-corrected chi connectivity index (χ2v) is 4.81. The van der Waals surface area contributed by atoms with Crippen LogP contribution in [-0.4, -0.2) is 25.0 Å². The summed E-state index contributed by atoms with van der Waals surface area (Å²) in [5.41, 5.74) is 6.38. The van der Waals surface area contributed by atoms with Gasteiger partial charge in [0, 0.05) is 23.1 Å². The van der Waals surface area contributed by atoms with Gasteiger partial charge in [-0.25, -0.2) is 0 Å². The third kappa shape index (κ3) is 5.30. The highest BCUT2D eigenvalue weighted by atomic mass is 79.9. The summed E-state index contributed by atoms with van der Waals surface area (Å²) in [4.78, 5) is 22.4. The van der Waals surface area contributed by atoms with Crippen molar-refractivity contribution in [3.63, 3.8) is 0 Å². The number of anilines is 1. The quantitative estimate of drug-likeness (QED) is 0.594. The van der Waals surface area contributed by atoms with Gasteiger partial charge in [-0.05, 0) is 31.5 Å². The molecule has 1 amide bonds. The zero-order valence-electron chi connectivity index (χ0n) is 10.7. The van der Waals surface area contributed by atoms with E-state index < -0.39 is 5.91 Å². The highest BCUT2D eigenvalue weighted by molar-refractivity contribution is 9.10. The first-order valence-electron chi connectivity index (χ1n) is 6.03. The minimum Gasteiger partial charge on any atom is -0.466 e. The van der Waals surface area contributed by atoms with Crippen LogP contribution in [0.3, 0.4) is 0 Å². The van der Waals surface area contributed by atoms with Crippen molar-refractivity contribution in [2.45, 2.75) is 19.8 Å². The average molecular weight is 329 g/mol. The summed E-state index contributed by atoms with van der Waals surface area (Å²) in [6.45, 7) is 2.73. The third-order valence-electron chi connectivity index (χ3n) is 2.43. The molecule has 104 valence electrons. The molecule has 0 saturated carbocycles. The Morgan fingerprint density at radius 1 is 1.42 bits per heavy atom. The Bertz CT molecular complexity index is 463. The molecule has 0 aromatic heterocycles. The number of hydrogen-bond donors (Lipinski definition) is 2. The van der Waals surface area contributed by atoms with Gasteiger partial charge in [0.25, 0.3) is 5.91 Å². The van der Waals surface area contributed by atoms with Crippen LogP contribution >= 0.6 is 15.9 Å². The fourth-order valence-electron chi connectivity index (χ4n) is 1.57. The Morgan fingerprint density at radius 2 is 2.16 bits per heavy atom. The lowest BCUT2D eigenvalue weighted by atomic mass is 10.1. The van der Waals surface area contributed by atoms with Crippen LogP contribution in [0.1, 0.15) is 30.1 Å². The van der Waals surface area contributed by atoms with Crippen LogP contribution in [0.4, 0.5) is 5.69 Å². The summed E-state index contributed by atoms with van der Waals surface area (Å²) in [5, 5.41) is 3.09. The smallest absolute Gasteiger partial charge is 0.305 e. The molecule has 6 heteroatoms. The molecule has 0 unspecified atom stereocenters. The van der Waals surface area contributed by atoms with E-state index in [2.05, 4.69) is 21.2 Å². The van der Waals surface area contributed by atoms with Crippen molar-refractivity contribution < 1.29 is 14.3 Å². The lowest BCUT2D eigenvalue weighted by molar-refractivity contribution is -0.143. The molecule has 0 atom stereocenters. The van der Waals surface area contributed by atoms with Crippen LogP contribution < -0.4 is 11.1 Å². The summed E-state index contributed by atoms with van der Waals surface area (Å²) < 4.78 is 5.68. The Hall–Kier alpha value is -1.56. The van der Waals surface area contributed by atoms with Crippen molar-refractivity contribution in [3.8, 4) is 0 Å². The summed E-state index contributed by atoms with van der Waals surface area (Å²) >= 11 is 3.33. The molecule has 0 spiro atoms. The predicted octanol–water partition coefficient (Wildman–Crippen LogP) is 2.30. The Kier molecular flexibility index (Phi) is 6.35. The van der Waals surface area contributed by atoms with Gasteiger partial charge in [0.1, 0.15) is 0 Å². The molecule has 0 saturated heterocycles. The first kappa shape index (κ1) is 15.5. The van der Waals surface area contributed by atoms with E-state index in [9.17, 15) is 9.59 Å². The Labute approximate surface area is 120 Å². The van der Waals surface area contributed by atoms with Crippen LogP contribution in [0.15, 0.2) is 22.7 Å². The van der Waals surface area contributed by atoms with Crippen LogP contribution in [0.5, 0.6) is 0 Å². The number of carbonyl (C=O) groups excluding carboxylic acids is 2. The van der Waals surface area contributed by atoms with Crippen molar-refractivity contribution in [1.82, 2.24) is 0 Å². The van der Waals surface area contributed by atoms with Crippen molar-refractivity contribution in [3.05, 3.63) is 28.2 Å². The highest BCUT2D eigenvalue weighted by Gasteiger charge is 2.08. The number of hydrogen-bond acceptors (Lipinski definition) is 4. The Balaban J connectivity index is 2.51. The maximum atomic E-state index is 11.3. The molecular weight excluding hydrogens is 312 g/mol. The Morgan fingerprint density at radius 3 is 2.79 bits per heavy atom. The van der Waals surface area contributed by atoms with Crippen LogP contribution in [0.2, 0.25) is 0 Å². The molecule has 0 bridgehead atoms. The zero-order chi connectivity index (χ0) is 14.3. The number of primary amides is 1.